The molecule has 2 aromatic carbocycles. The maximum Gasteiger partial charge on any atom is 0.270 e. The van der Waals surface area contributed by atoms with Gasteiger partial charge in [-0.15, -0.1) is 0 Å². The van der Waals surface area contributed by atoms with Gasteiger partial charge in [0.25, 0.3) is 11.5 Å². The fourth-order valence-corrected chi connectivity index (χ4v) is 3.08. The van der Waals surface area contributed by atoms with Gasteiger partial charge in [0.05, 0.1) is 23.6 Å². The van der Waals surface area contributed by atoms with E-state index in [0.717, 1.165) is 8.14 Å². The molecule has 0 radical (unpaired) electrons. The number of nitrogens with zero attached hydrogens (tertiary/aromatic N) is 1. The Balaban J connectivity index is 2.30. The zero-order valence-electron chi connectivity index (χ0n) is 12.0. The van der Waals surface area contributed by atoms with Gasteiger partial charge in [-0.1, -0.05) is 12.1 Å². The molecule has 0 saturated carbocycles. The van der Waals surface area contributed by atoms with Crippen LogP contribution in [0.5, 0.6) is 5.75 Å². The molecule has 0 saturated heterocycles. The predicted molar refractivity (Wildman–Crippen MR) is 98.8 cm³/mol. The van der Waals surface area contributed by atoms with Crippen molar-refractivity contribution in [2.45, 2.75) is 0 Å². The van der Waals surface area contributed by atoms with Crippen molar-refractivity contribution in [3.8, 4) is 5.75 Å². The van der Waals surface area contributed by atoms with Gasteiger partial charge in [-0.3, -0.25) is 9.59 Å². The minimum atomic E-state index is -0.519. The molecule has 1 aromatic heterocycles. The SMILES string of the molecule is COc1ccccc1C(=O)n1c(=S)[nH]c2ccc(I)cc2c1=O. The fraction of sp³-hybridized carbons (Fsp3) is 0.0625. The molecule has 0 spiro atoms. The molecule has 23 heavy (non-hydrogen) atoms. The Morgan fingerprint density at radius 2 is 2.00 bits per heavy atom. The van der Waals surface area contributed by atoms with Crippen molar-refractivity contribution in [3.63, 3.8) is 0 Å². The van der Waals surface area contributed by atoms with Crippen LogP contribution < -0.4 is 10.3 Å². The van der Waals surface area contributed by atoms with E-state index in [-0.39, 0.29) is 10.3 Å². The van der Waals surface area contributed by atoms with Gasteiger partial charge in [0, 0.05) is 3.57 Å². The van der Waals surface area contributed by atoms with Crippen LogP contribution in [0.25, 0.3) is 10.9 Å². The van der Waals surface area contributed by atoms with Crippen LogP contribution in [-0.4, -0.2) is 22.6 Å². The van der Waals surface area contributed by atoms with Crippen LogP contribution in [0.2, 0.25) is 0 Å². The zero-order chi connectivity index (χ0) is 16.6. The number of benzene rings is 2. The summed E-state index contributed by atoms with van der Waals surface area (Å²) < 4.78 is 7.11. The van der Waals surface area contributed by atoms with Crippen LogP contribution in [0.15, 0.2) is 47.3 Å². The van der Waals surface area contributed by atoms with Gasteiger partial charge < -0.3 is 9.72 Å². The van der Waals surface area contributed by atoms with Gasteiger partial charge in [0.1, 0.15) is 5.75 Å². The first kappa shape index (κ1) is 15.9. The van der Waals surface area contributed by atoms with E-state index < -0.39 is 11.5 Å². The van der Waals surface area contributed by atoms with E-state index >= 15 is 0 Å². The molecular weight excluding hydrogens is 427 g/mol. The lowest BCUT2D eigenvalue weighted by molar-refractivity contribution is 0.0950. The molecule has 1 heterocycles. The summed E-state index contributed by atoms with van der Waals surface area (Å²) in [5.74, 6) is -0.129. The minimum absolute atomic E-state index is 0.0552. The summed E-state index contributed by atoms with van der Waals surface area (Å²) in [6.07, 6.45) is 0. The molecule has 7 heteroatoms. The number of aromatic nitrogens is 2. The first-order chi connectivity index (χ1) is 11.0. The van der Waals surface area contributed by atoms with Crippen molar-refractivity contribution in [1.29, 1.82) is 0 Å². The maximum atomic E-state index is 12.8. The van der Waals surface area contributed by atoms with Crippen molar-refractivity contribution < 1.29 is 9.53 Å². The molecular formula is C16H11IN2O3S. The van der Waals surface area contributed by atoms with Crippen molar-refractivity contribution >= 4 is 51.6 Å². The summed E-state index contributed by atoms with van der Waals surface area (Å²) in [6.45, 7) is 0. The van der Waals surface area contributed by atoms with E-state index in [1.165, 1.54) is 7.11 Å². The number of hydrogen-bond acceptors (Lipinski definition) is 4. The second-order valence-electron chi connectivity index (χ2n) is 4.77. The number of carbonyl (C=O) groups is 1. The smallest absolute Gasteiger partial charge is 0.270 e. The highest BCUT2D eigenvalue weighted by molar-refractivity contribution is 14.1. The molecule has 3 rings (SSSR count). The van der Waals surface area contributed by atoms with Crippen molar-refractivity contribution in [3.05, 3.63) is 66.7 Å². The monoisotopic (exact) mass is 438 g/mol. The molecule has 1 N–H and O–H groups in total. The van der Waals surface area contributed by atoms with Crippen molar-refractivity contribution in [2.75, 3.05) is 7.11 Å². The molecule has 0 fully saturated rings. The first-order valence-electron chi connectivity index (χ1n) is 6.65. The molecule has 0 aliphatic heterocycles. The molecule has 0 atom stereocenters. The van der Waals surface area contributed by atoms with E-state index in [1.807, 2.05) is 6.07 Å². The number of nitrogens with one attached hydrogen (secondary N) is 1. The Morgan fingerprint density at radius 1 is 1.26 bits per heavy atom. The predicted octanol–water partition coefficient (Wildman–Crippen LogP) is 3.36. The van der Waals surface area contributed by atoms with Gasteiger partial charge in [-0.05, 0) is 65.1 Å². The van der Waals surface area contributed by atoms with Crippen LogP contribution >= 0.6 is 34.8 Å². The third-order valence-corrected chi connectivity index (χ3v) is 4.36. The quantitative estimate of drug-likeness (QED) is 0.493. The largest absolute Gasteiger partial charge is 0.496 e. The summed E-state index contributed by atoms with van der Waals surface area (Å²) in [5.41, 5.74) is 0.434. The molecule has 0 bridgehead atoms. The third-order valence-electron chi connectivity index (χ3n) is 3.40. The van der Waals surface area contributed by atoms with Gasteiger partial charge in [-0.2, -0.15) is 0 Å². The lowest BCUT2D eigenvalue weighted by Gasteiger charge is -2.10. The summed E-state index contributed by atoms with van der Waals surface area (Å²) in [5, 5.41) is 0.411. The Kier molecular flexibility index (Phi) is 4.31. The van der Waals surface area contributed by atoms with Gasteiger partial charge >= 0.3 is 0 Å². The van der Waals surface area contributed by atoms with Gasteiger partial charge in [0.15, 0.2) is 4.77 Å². The molecule has 3 aromatic rings. The number of H-pyrrole nitrogens is 1. The van der Waals surface area contributed by atoms with Crippen LogP contribution in [0.1, 0.15) is 10.4 Å². The summed E-state index contributed by atoms with van der Waals surface area (Å²) >= 11 is 7.31. The number of ether oxygens (including phenoxy) is 1. The number of carbonyl (C=O) groups excluding carboxylic acids is 1. The van der Waals surface area contributed by atoms with E-state index in [0.29, 0.717) is 16.7 Å². The zero-order valence-corrected chi connectivity index (χ0v) is 15.0. The standard InChI is InChI=1S/C16H11IN2O3S/c1-22-13-5-3-2-4-10(13)14(20)19-15(21)11-8-9(17)6-7-12(11)18-16(19)23/h2-8H,1H3,(H,18,23). The Morgan fingerprint density at radius 3 is 2.74 bits per heavy atom. The fourth-order valence-electron chi connectivity index (χ4n) is 2.31. The molecule has 0 aliphatic carbocycles. The van der Waals surface area contributed by atoms with Crippen molar-refractivity contribution in [1.82, 2.24) is 9.55 Å². The van der Waals surface area contributed by atoms with E-state index in [4.69, 9.17) is 17.0 Å². The Bertz CT molecular complexity index is 1040. The van der Waals surface area contributed by atoms with Crippen LogP contribution in [-0.2, 0) is 0 Å². The highest BCUT2D eigenvalue weighted by Gasteiger charge is 2.18. The first-order valence-corrected chi connectivity index (χ1v) is 8.14. The number of fused-ring (bicyclic) bond motifs is 1. The Hall–Kier alpha value is -2.00. The van der Waals surface area contributed by atoms with Gasteiger partial charge in [-0.25, -0.2) is 4.57 Å². The molecule has 116 valence electrons. The summed E-state index contributed by atoms with van der Waals surface area (Å²) in [4.78, 5) is 28.4. The van der Waals surface area contributed by atoms with Gasteiger partial charge in [0.2, 0.25) is 0 Å². The number of methoxy groups -OCH3 is 1. The second kappa shape index (κ2) is 6.25. The lowest BCUT2D eigenvalue weighted by Crippen LogP contribution is -2.29. The number of para-hydroxylation sites is 1. The van der Waals surface area contributed by atoms with Crippen LogP contribution in [0.4, 0.5) is 0 Å². The van der Waals surface area contributed by atoms with Crippen LogP contribution in [0, 0.1) is 8.34 Å². The summed E-state index contributed by atoms with van der Waals surface area (Å²) in [6, 6.07) is 12.1. The summed E-state index contributed by atoms with van der Waals surface area (Å²) in [7, 11) is 1.47. The maximum absolute atomic E-state index is 12.8. The number of hydrogen-bond donors (Lipinski definition) is 1. The topological polar surface area (TPSA) is 64.1 Å². The third kappa shape index (κ3) is 2.81. The number of aromatic amines is 1. The highest BCUT2D eigenvalue weighted by atomic mass is 127. The number of rotatable bonds is 2. The van der Waals surface area contributed by atoms with E-state index in [1.54, 1.807) is 36.4 Å². The lowest BCUT2D eigenvalue weighted by atomic mass is 10.2. The minimum Gasteiger partial charge on any atom is -0.496 e. The second-order valence-corrected chi connectivity index (χ2v) is 6.40. The molecule has 0 amide bonds. The Labute approximate surface area is 150 Å². The number of halogens is 1. The molecule has 0 unspecified atom stereocenters. The van der Waals surface area contributed by atoms with Crippen LogP contribution in [0.3, 0.4) is 0 Å². The average Bonchev–Trinajstić information content (AvgIpc) is 2.55. The molecule has 0 aliphatic rings. The van der Waals surface area contributed by atoms with E-state index in [9.17, 15) is 9.59 Å². The highest BCUT2D eigenvalue weighted by Crippen LogP contribution is 2.19. The van der Waals surface area contributed by atoms with E-state index in [2.05, 4.69) is 27.6 Å². The molecule has 5 nitrogen and oxygen atoms in total. The average molecular weight is 438 g/mol. The normalized spacial score (nSPS) is 10.7. The van der Waals surface area contributed by atoms with Crippen molar-refractivity contribution in [2.24, 2.45) is 0 Å².